The van der Waals surface area contributed by atoms with E-state index in [4.69, 9.17) is 23.7 Å². The van der Waals surface area contributed by atoms with E-state index in [0.717, 1.165) is 24.5 Å². The van der Waals surface area contributed by atoms with Crippen LogP contribution in [0.4, 0.5) is 0 Å². The number of epoxide rings is 2. The molecule has 0 bridgehead atoms. The zero-order valence-electron chi connectivity index (χ0n) is 17.4. The van der Waals surface area contributed by atoms with Gasteiger partial charge >= 0.3 is 0 Å². The van der Waals surface area contributed by atoms with E-state index in [1.54, 1.807) is 7.11 Å². The molecule has 158 valence electrons. The summed E-state index contributed by atoms with van der Waals surface area (Å²) in [6.07, 6.45) is 0.164. The molecule has 2 fully saturated rings. The van der Waals surface area contributed by atoms with Crippen molar-refractivity contribution in [1.29, 1.82) is 0 Å². The van der Waals surface area contributed by atoms with Gasteiger partial charge in [0.15, 0.2) is 11.5 Å². The van der Waals surface area contributed by atoms with E-state index >= 15 is 0 Å². The standard InChI is InChI=1S/C26H24O5/c1-27-24-11-16(9-10-23(24)30-14-17-12-28-17)26(31-15-18-13-29-18)22-8-4-7-21-19-5-2-3-6-20(19)25(21)22/h2-11,17-18,26H,12-15H2,1H3. The van der Waals surface area contributed by atoms with Crippen molar-refractivity contribution in [2.75, 3.05) is 33.5 Å². The van der Waals surface area contributed by atoms with E-state index in [1.807, 2.05) is 12.1 Å². The summed E-state index contributed by atoms with van der Waals surface area (Å²) < 4.78 is 28.6. The highest BCUT2D eigenvalue weighted by Gasteiger charge is 2.31. The fourth-order valence-electron chi connectivity index (χ4n) is 4.23. The molecule has 0 radical (unpaired) electrons. The van der Waals surface area contributed by atoms with E-state index < -0.39 is 0 Å². The molecule has 3 aromatic rings. The van der Waals surface area contributed by atoms with Gasteiger partial charge in [0, 0.05) is 0 Å². The van der Waals surface area contributed by atoms with Crippen LogP contribution < -0.4 is 9.47 Å². The molecule has 0 saturated carbocycles. The first-order valence-corrected chi connectivity index (χ1v) is 10.7. The normalized spacial score (nSPS) is 20.8. The van der Waals surface area contributed by atoms with Crippen LogP contribution in [0.25, 0.3) is 22.3 Å². The van der Waals surface area contributed by atoms with Crippen molar-refractivity contribution in [3.8, 4) is 33.8 Å². The van der Waals surface area contributed by atoms with Crippen molar-refractivity contribution in [3.63, 3.8) is 0 Å². The molecule has 1 aliphatic carbocycles. The largest absolute Gasteiger partial charge is 0.493 e. The van der Waals surface area contributed by atoms with Gasteiger partial charge in [-0.05, 0) is 45.5 Å². The summed E-state index contributed by atoms with van der Waals surface area (Å²) in [6, 6.07) is 21.0. The molecule has 3 unspecified atom stereocenters. The lowest BCUT2D eigenvalue weighted by molar-refractivity contribution is 0.0673. The maximum Gasteiger partial charge on any atom is 0.161 e. The molecule has 3 aliphatic rings. The minimum atomic E-state index is -0.220. The molecule has 2 heterocycles. The van der Waals surface area contributed by atoms with Gasteiger partial charge in [0.2, 0.25) is 0 Å². The average molecular weight is 416 g/mol. The maximum atomic E-state index is 6.43. The molecular weight excluding hydrogens is 392 g/mol. The summed E-state index contributed by atoms with van der Waals surface area (Å²) in [6.45, 7) is 2.63. The molecule has 0 N–H and O–H groups in total. The van der Waals surface area contributed by atoms with E-state index in [-0.39, 0.29) is 18.3 Å². The fourth-order valence-corrected chi connectivity index (χ4v) is 4.23. The highest BCUT2D eigenvalue weighted by atomic mass is 16.6. The lowest BCUT2D eigenvalue weighted by Crippen LogP contribution is -2.14. The van der Waals surface area contributed by atoms with Crippen molar-refractivity contribution in [1.82, 2.24) is 0 Å². The van der Waals surface area contributed by atoms with E-state index in [0.29, 0.717) is 19.0 Å². The third-order valence-corrected chi connectivity index (χ3v) is 6.03. The third kappa shape index (κ3) is 3.59. The van der Waals surface area contributed by atoms with E-state index in [2.05, 4.69) is 48.5 Å². The second-order valence-electron chi connectivity index (χ2n) is 8.16. The summed E-state index contributed by atoms with van der Waals surface area (Å²) >= 11 is 0. The van der Waals surface area contributed by atoms with Crippen LogP contribution in [0.3, 0.4) is 0 Å². The van der Waals surface area contributed by atoms with Crippen LogP contribution >= 0.6 is 0 Å². The smallest absolute Gasteiger partial charge is 0.161 e. The summed E-state index contributed by atoms with van der Waals surface area (Å²) in [7, 11) is 1.67. The molecule has 0 spiro atoms. The molecule has 31 heavy (non-hydrogen) atoms. The maximum absolute atomic E-state index is 6.43. The van der Waals surface area contributed by atoms with Gasteiger partial charge in [-0.15, -0.1) is 0 Å². The number of methoxy groups -OCH3 is 1. The fraction of sp³-hybridized carbons (Fsp3) is 0.308. The third-order valence-electron chi connectivity index (χ3n) is 6.03. The molecule has 6 rings (SSSR count). The van der Waals surface area contributed by atoms with Gasteiger partial charge in [0.05, 0.1) is 26.9 Å². The van der Waals surface area contributed by atoms with Gasteiger partial charge in [-0.1, -0.05) is 48.5 Å². The van der Waals surface area contributed by atoms with Gasteiger partial charge in [-0.3, -0.25) is 0 Å². The van der Waals surface area contributed by atoms with Gasteiger partial charge in [0.1, 0.15) is 24.9 Å². The van der Waals surface area contributed by atoms with Crippen LogP contribution in [-0.2, 0) is 14.2 Å². The Kier molecular flexibility index (Phi) is 4.68. The number of rotatable bonds is 9. The SMILES string of the molecule is COc1cc(C(OCC2CO2)c2cccc3c2-c2ccccc2-3)ccc1OCC1CO1. The zero-order chi connectivity index (χ0) is 20.8. The van der Waals surface area contributed by atoms with Crippen molar-refractivity contribution < 1.29 is 23.7 Å². The monoisotopic (exact) mass is 416 g/mol. The van der Waals surface area contributed by atoms with Crippen molar-refractivity contribution >= 4 is 0 Å². The molecule has 0 amide bonds. The Morgan fingerprint density at radius 2 is 1.58 bits per heavy atom. The highest BCUT2D eigenvalue weighted by molar-refractivity contribution is 6.04. The topological polar surface area (TPSA) is 52.8 Å². The molecular formula is C26H24O5. The number of fused-ring (bicyclic) bond motifs is 4. The molecule has 5 heteroatoms. The predicted octanol–water partition coefficient (Wildman–Crippen LogP) is 4.63. The molecule has 5 nitrogen and oxygen atoms in total. The Hall–Kier alpha value is -2.86. The molecule has 3 atom stereocenters. The van der Waals surface area contributed by atoms with Crippen molar-refractivity contribution in [2.45, 2.75) is 18.3 Å². The lowest BCUT2D eigenvalue weighted by atomic mass is 9.76. The first-order valence-electron chi connectivity index (χ1n) is 10.7. The Labute approximate surface area is 181 Å². The first kappa shape index (κ1) is 18.9. The van der Waals surface area contributed by atoms with E-state index in [1.165, 1.54) is 27.8 Å². The summed E-state index contributed by atoms with van der Waals surface area (Å²) in [5.41, 5.74) is 7.32. The van der Waals surface area contributed by atoms with Crippen molar-refractivity contribution in [2.24, 2.45) is 0 Å². The number of ether oxygens (including phenoxy) is 5. The Morgan fingerprint density at radius 1 is 0.839 bits per heavy atom. The number of hydrogen-bond donors (Lipinski definition) is 0. The summed E-state index contributed by atoms with van der Waals surface area (Å²) in [4.78, 5) is 0. The Bertz CT molecular complexity index is 1120. The molecule has 2 saturated heterocycles. The second kappa shape index (κ2) is 7.68. The van der Waals surface area contributed by atoms with Gasteiger partial charge < -0.3 is 23.7 Å². The van der Waals surface area contributed by atoms with Crippen LogP contribution in [0, 0.1) is 0 Å². The Balaban J connectivity index is 1.36. The molecule has 3 aromatic carbocycles. The minimum absolute atomic E-state index is 0.187. The van der Waals surface area contributed by atoms with E-state index in [9.17, 15) is 0 Å². The average Bonchev–Trinajstić information content (AvgIpc) is 3.71. The Morgan fingerprint density at radius 3 is 2.35 bits per heavy atom. The van der Waals surface area contributed by atoms with Crippen LogP contribution in [-0.4, -0.2) is 45.7 Å². The quantitative estimate of drug-likeness (QED) is 0.373. The highest BCUT2D eigenvalue weighted by Crippen LogP contribution is 2.51. The van der Waals surface area contributed by atoms with Crippen LogP contribution in [0.5, 0.6) is 11.5 Å². The molecule has 0 aromatic heterocycles. The van der Waals surface area contributed by atoms with Crippen LogP contribution in [0.1, 0.15) is 17.2 Å². The number of hydrogen-bond acceptors (Lipinski definition) is 5. The summed E-state index contributed by atoms with van der Waals surface area (Å²) in [5, 5.41) is 0. The minimum Gasteiger partial charge on any atom is -0.493 e. The van der Waals surface area contributed by atoms with Gasteiger partial charge in [-0.25, -0.2) is 0 Å². The number of benzene rings is 3. The second-order valence-corrected chi connectivity index (χ2v) is 8.16. The molecule has 2 aliphatic heterocycles. The van der Waals surface area contributed by atoms with Crippen molar-refractivity contribution in [3.05, 3.63) is 71.8 Å². The predicted molar refractivity (Wildman–Crippen MR) is 117 cm³/mol. The lowest BCUT2D eigenvalue weighted by Gasteiger charge is -2.30. The summed E-state index contributed by atoms with van der Waals surface area (Å²) in [5.74, 6) is 1.42. The first-order chi connectivity index (χ1) is 15.3. The van der Waals surface area contributed by atoms with Gasteiger partial charge in [-0.2, -0.15) is 0 Å². The van der Waals surface area contributed by atoms with Gasteiger partial charge in [0.25, 0.3) is 0 Å². The zero-order valence-corrected chi connectivity index (χ0v) is 17.4. The van der Waals surface area contributed by atoms with Crippen LogP contribution in [0.15, 0.2) is 60.7 Å². The van der Waals surface area contributed by atoms with Crippen LogP contribution in [0.2, 0.25) is 0 Å².